The molecule has 4 heterocycles. The van der Waals surface area contributed by atoms with Crippen molar-refractivity contribution in [1.82, 2.24) is 9.88 Å². The van der Waals surface area contributed by atoms with E-state index in [9.17, 15) is 4.79 Å². The zero-order valence-electron chi connectivity index (χ0n) is 13.4. The van der Waals surface area contributed by atoms with E-state index >= 15 is 0 Å². The molecular weight excluding hydrogens is 294 g/mol. The Morgan fingerprint density at radius 2 is 1.74 bits per heavy atom. The number of anilines is 1. The normalized spacial score (nSPS) is 23.7. The molecule has 6 heteroatoms. The van der Waals surface area contributed by atoms with Crippen LogP contribution in [-0.2, 0) is 9.47 Å². The van der Waals surface area contributed by atoms with Crippen molar-refractivity contribution in [1.29, 1.82) is 0 Å². The molecule has 1 amide bonds. The average molecular weight is 317 g/mol. The van der Waals surface area contributed by atoms with Crippen molar-refractivity contribution in [2.24, 2.45) is 0 Å². The van der Waals surface area contributed by atoms with Crippen molar-refractivity contribution in [2.75, 3.05) is 44.3 Å². The van der Waals surface area contributed by atoms with Crippen molar-refractivity contribution >= 4 is 11.6 Å². The molecule has 1 aromatic rings. The molecule has 1 aromatic heterocycles. The molecule has 1 spiro atoms. The van der Waals surface area contributed by atoms with E-state index in [1.165, 1.54) is 0 Å². The second-order valence-corrected chi connectivity index (χ2v) is 6.50. The number of aromatic nitrogens is 1. The maximum Gasteiger partial charge on any atom is 0.272 e. The number of hydrogen-bond acceptors (Lipinski definition) is 5. The van der Waals surface area contributed by atoms with Crippen molar-refractivity contribution < 1.29 is 14.3 Å². The van der Waals surface area contributed by atoms with Crippen LogP contribution in [0, 0.1) is 0 Å². The number of amides is 1. The van der Waals surface area contributed by atoms with Crippen LogP contribution in [0.5, 0.6) is 0 Å². The fourth-order valence-corrected chi connectivity index (χ4v) is 3.67. The van der Waals surface area contributed by atoms with Crippen LogP contribution in [0.2, 0.25) is 0 Å². The van der Waals surface area contributed by atoms with E-state index in [1.54, 1.807) is 0 Å². The topological polar surface area (TPSA) is 54.9 Å². The quantitative estimate of drug-likeness (QED) is 0.830. The molecule has 0 N–H and O–H groups in total. The summed E-state index contributed by atoms with van der Waals surface area (Å²) in [7, 11) is 0. The molecule has 0 radical (unpaired) electrons. The molecule has 0 atom stereocenters. The van der Waals surface area contributed by atoms with Gasteiger partial charge in [0.2, 0.25) is 0 Å². The molecular formula is C17H23N3O3. The Balaban J connectivity index is 1.39. The predicted molar refractivity (Wildman–Crippen MR) is 85.5 cm³/mol. The second-order valence-electron chi connectivity index (χ2n) is 6.50. The molecule has 3 aliphatic rings. The Labute approximate surface area is 136 Å². The van der Waals surface area contributed by atoms with Crippen LogP contribution in [0.25, 0.3) is 0 Å². The first-order valence-electron chi connectivity index (χ1n) is 8.54. The van der Waals surface area contributed by atoms with Gasteiger partial charge < -0.3 is 19.3 Å². The summed E-state index contributed by atoms with van der Waals surface area (Å²) < 4.78 is 11.5. The number of carbonyl (C=O) groups excluding carboxylic acids is 1. The molecule has 3 saturated heterocycles. The minimum absolute atomic E-state index is 0.0550. The van der Waals surface area contributed by atoms with Gasteiger partial charge in [-0.1, -0.05) is 0 Å². The van der Waals surface area contributed by atoms with Crippen molar-refractivity contribution in [3.8, 4) is 0 Å². The van der Waals surface area contributed by atoms with Gasteiger partial charge in [-0.2, -0.15) is 0 Å². The predicted octanol–water partition coefficient (Wildman–Crippen LogP) is 1.66. The van der Waals surface area contributed by atoms with Gasteiger partial charge in [-0.25, -0.2) is 4.98 Å². The van der Waals surface area contributed by atoms with E-state index in [2.05, 4.69) is 9.88 Å². The highest BCUT2D eigenvalue weighted by molar-refractivity contribution is 5.92. The Morgan fingerprint density at radius 1 is 1.04 bits per heavy atom. The second kappa shape index (κ2) is 6.09. The van der Waals surface area contributed by atoms with E-state index < -0.39 is 0 Å². The standard InChI is InChI=1S/C17H23N3O3/c21-16(20-7-1-2-8-20)15-4-3-14(13-18-15)19-9-5-17(6-10-19)22-11-12-23-17/h3-4,13H,1-2,5-12H2. The third-order valence-corrected chi connectivity index (χ3v) is 5.06. The molecule has 0 unspecified atom stereocenters. The van der Waals surface area contributed by atoms with Gasteiger partial charge in [0.1, 0.15) is 5.69 Å². The van der Waals surface area contributed by atoms with E-state index in [-0.39, 0.29) is 11.7 Å². The largest absolute Gasteiger partial charge is 0.370 e. The van der Waals surface area contributed by atoms with Crippen LogP contribution in [0.4, 0.5) is 5.69 Å². The number of pyridine rings is 1. The van der Waals surface area contributed by atoms with Crippen LogP contribution < -0.4 is 4.90 Å². The van der Waals surface area contributed by atoms with Gasteiger partial charge in [0.15, 0.2) is 5.79 Å². The lowest BCUT2D eigenvalue weighted by Gasteiger charge is -2.38. The first kappa shape index (κ1) is 14.9. The number of ether oxygens (including phenoxy) is 2. The lowest BCUT2D eigenvalue weighted by atomic mass is 10.0. The van der Waals surface area contributed by atoms with Crippen LogP contribution in [-0.4, -0.2) is 61.0 Å². The highest BCUT2D eigenvalue weighted by atomic mass is 16.7. The van der Waals surface area contributed by atoms with Crippen molar-refractivity contribution in [3.05, 3.63) is 24.0 Å². The number of likely N-dealkylation sites (tertiary alicyclic amines) is 1. The fraction of sp³-hybridized carbons (Fsp3) is 0.647. The van der Waals surface area contributed by atoms with E-state index in [1.807, 2.05) is 23.2 Å². The molecule has 0 aromatic carbocycles. The van der Waals surface area contributed by atoms with Crippen LogP contribution in [0.3, 0.4) is 0 Å². The van der Waals surface area contributed by atoms with Gasteiger partial charge >= 0.3 is 0 Å². The molecule has 0 aliphatic carbocycles. The summed E-state index contributed by atoms with van der Waals surface area (Å²) in [6.07, 6.45) is 5.77. The van der Waals surface area contributed by atoms with Crippen molar-refractivity contribution in [3.63, 3.8) is 0 Å². The SMILES string of the molecule is O=C(c1ccc(N2CCC3(CC2)OCCO3)cn1)N1CCCC1. The summed E-state index contributed by atoms with van der Waals surface area (Å²) in [5.41, 5.74) is 1.61. The summed E-state index contributed by atoms with van der Waals surface area (Å²) in [6.45, 7) is 4.90. The molecule has 0 bridgehead atoms. The van der Waals surface area contributed by atoms with Gasteiger partial charge in [-0.05, 0) is 25.0 Å². The van der Waals surface area contributed by atoms with Gasteiger partial charge in [0.05, 0.1) is 25.1 Å². The third kappa shape index (κ3) is 2.93. The van der Waals surface area contributed by atoms with Gasteiger partial charge in [-0.15, -0.1) is 0 Å². The summed E-state index contributed by atoms with van der Waals surface area (Å²) in [5, 5.41) is 0. The summed E-state index contributed by atoms with van der Waals surface area (Å²) >= 11 is 0. The van der Waals surface area contributed by atoms with E-state index in [4.69, 9.17) is 9.47 Å². The summed E-state index contributed by atoms with van der Waals surface area (Å²) in [6, 6.07) is 3.85. The molecule has 3 fully saturated rings. The highest BCUT2D eigenvalue weighted by Crippen LogP contribution is 2.33. The first-order chi connectivity index (χ1) is 11.3. The highest BCUT2D eigenvalue weighted by Gasteiger charge is 2.39. The number of rotatable bonds is 2. The molecule has 6 nitrogen and oxygen atoms in total. The number of piperidine rings is 1. The van der Waals surface area contributed by atoms with Crippen molar-refractivity contribution in [2.45, 2.75) is 31.5 Å². The van der Waals surface area contributed by atoms with E-state index in [0.29, 0.717) is 18.9 Å². The van der Waals surface area contributed by atoms with Gasteiger partial charge in [-0.3, -0.25) is 4.79 Å². The zero-order chi connectivity index (χ0) is 15.7. The molecule has 124 valence electrons. The maximum atomic E-state index is 12.3. The Hall–Kier alpha value is -1.66. The number of carbonyl (C=O) groups is 1. The van der Waals surface area contributed by atoms with Crippen LogP contribution >= 0.6 is 0 Å². The third-order valence-electron chi connectivity index (χ3n) is 5.06. The minimum Gasteiger partial charge on any atom is -0.370 e. The number of hydrogen-bond donors (Lipinski definition) is 0. The number of nitrogens with zero attached hydrogens (tertiary/aromatic N) is 3. The molecule has 0 saturated carbocycles. The van der Waals surface area contributed by atoms with Gasteiger partial charge in [0.25, 0.3) is 5.91 Å². The maximum absolute atomic E-state index is 12.3. The monoisotopic (exact) mass is 317 g/mol. The first-order valence-corrected chi connectivity index (χ1v) is 8.54. The van der Waals surface area contributed by atoms with Crippen LogP contribution in [0.15, 0.2) is 18.3 Å². The summed E-state index contributed by atoms with van der Waals surface area (Å²) in [4.78, 5) is 20.9. The zero-order valence-corrected chi connectivity index (χ0v) is 13.4. The minimum atomic E-state index is -0.352. The Bertz CT molecular complexity index is 553. The summed E-state index contributed by atoms with van der Waals surface area (Å²) in [5.74, 6) is -0.297. The lowest BCUT2D eigenvalue weighted by Crippen LogP contribution is -2.45. The smallest absolute Gasteiger partial charge is 0.272 e. The molecule has 3 aliphatic heterocycles. The Kier molecular flexibility index (Phi) is 3.95. The Morgan fingerprint density at radius 3 is 2.35 bits per heavy atom. The molecule has 4 rings (SSSR count). The van der Waals surface area contributed by atoms with E-state index in [0.717, 1.165) is 57.5 Å². The fourth-order valence-electron chi connectivity index (χ4n) is 3.67. The molecule has 23 heavy (non-hydrogen) atoms. The van der Waals surface area contributed by atoms with Crippen LogP contribution in [0.1, 0.15) is 36.2 Å². The van der Waals surface area contributed by atoms with Gasteiger partial charge in [0, 0.05) is 39.0 Å². The lowest BCUT2D eigenvalue weighted by molar-refractivity contribution is -0.169. The average Bonchev–Trinajstić information content (AvgIpc) is 3.28.